The third-order valence-electron chi connectivity index (χ3n) is 2.14. The van der Waals surface area contributed by atoms with Gasteiger partial charge >= 0.3 is 0 Å². The van der Waals surface area contributed by atoms with E-state index in [9.17, 15) is 4.39 Å². The monoisotopic (exact) mass is 213 g/mol. The van der Waals surface area contributed by atoms with E-state index in [0.29, 0.717) is 6.04 Å². The van der Waals surface area contributed by atoms with Gasteiger partial charge in [-0.25, -0.2) is 4.39 Å². The highest BCUT2D eigenvalue weighted by Gasteiger charge is 2.02. The van der Waals surface area contributed by atoms with E-state index in [0.717, 1.165) is 17.1 Å². The molecule has 78 valence electrons. The van der Waals surface area contributed by atoms with Gasteiger partial charge in [-0.2, -0.15) is 0 Å². The first-order chi connectivity index (χ1) is 6.74. The molecule has 1 aromatic rings. The van der Waals surface area contributed by atoms with Crippen molar-refractivity contribution in [2.75, 3.05) is 12.8 Å². The molecule has 0 amide bonds. The Morgan fingerprint density at radius 2 is 2.14 bits per heavy atom. The Balaban J connectivity index is 2.35. The van der Waals surface area contributed by atoms with Crippen molar-refractivity contribution in [3.63, 3.8) is 0 Å². The van der Waals surface area contributed by atoms with Crippen LogP contribution in [0.15, 0.2) is 29.2 Å². The second-order valence-electron chi connectivity index (χ2n) is 3.26. The van der Waals surface area contributed by atoms with Gasteiger partial charge in [-0.3, -0.25) is 0 Å². The van der Waals surface area contributed by atoms with Gasteiger partial charge in [0.1, 0.15) is 5.82 Å². The fourth-order valence-corrected chi connectivity index (χ4v) is 2.12. The van der Waals surface area contributed by atoms with Crippen LogP contribution in [0.5, 0.6) is 0 Å². The normalized spacial score (nSPS) is 12.8. The average Bonchev–Trinajstić information content (AvgIpc) is 2.20. The number of rotatable bonds is 5. The standard InChI is InChI=1S/C11H16FNS/c1-9(13-2)7-8-14-11-6-4-3-5-10(11)12/h3-6,9,13H,7-8H2,1-2H3. The van der Waals surface area contributed by atoms with Gasteiger partial charge in [0.2, 0.25) is 0 Å². The zero-order chi connectivity index (χ0) is 10.4. The molecular weight excluding hydrogens is 197 g/mol. The largest absolute Gasteiger partial charge is 0.317 e. The van der Waals surface area contributed by atoms with Crippen LogP contribution in [0.2, 0.25) is 0 Å². The smallest absolute Gasteiger partial charge is 0.136 e. The quantitative estimate of drug-likeness (QED) is 0.755. The Bertz CT molecular complexity index is 278. The molecule has 0 radical (unpaired) electrons. The summed E-state index contributed by atoms with van der Waals surface area (Å²) in [4.78, 5) is 0.746. The van der Waals surface area contributed by atoms with E-state index in [1.807, 2.05) is 19.2 Å². The Labute approximate surface area is 89.1 Å². The van der Waals surface area contributed by atoms with Crippen LogP contribution in [0.25, 0.3) is 0 Å². The fourth-order valence-electron chi connectivity index (χ4n) is 1.05. The minimum Gasteiger partial charge on any atom is -0.317 e. The molecule has 1 atom stereocenters. The van der Waals surface area contributed by atoms with Crippen molar-refractivity contribution in [2.45, 2.75) is 24.3 Å². The van der Waals surface area contributed by atoms with E-state index in [-0.39, 0.29) is 5.82 Å². The van der Waals surface area contributed by atoms with Gasteiger partial charge in [0.15, 0.2) is 0 Å². The van der Waals surface area contributed by atoms with Crippen LogP contribution in [0.4, 0.5) is 4.39 Å². The van der Waals surface area contributed by atoms with E-state index in [1.165, 1.54) is 6.07 Å². The lowest BCUT2D eigenvalue weighted by atomic mass is 10.3. The van der Waals surface area contributed by atoms with Crippen molar-refractivity contribution in [1.29, 1.82) is 0 Å². The minimum atomic E-state index is -0.116. The second kappa shape index (κ2) is 6.04. The van der Waals surface area contributed by atoms with Crippen molar-refractivity contribution < 1.29 is 4.39 Å². The van der Waals surface area contributed by atoms with Crippen molar-refractivity contribution in [3.05, 3.63) is 30.1 Å². The molecule has 3 heteroatoms. The molecule has 1 nitrogen and oxygen atoms in total. The summed E-state index contributed by atoms with van der Waals surface area (Å²) in [6.45, 7) is 2.13. The minimum absolute atomic E-state index is 0.116. The van der Waals surface area contributed by atoms with E-state index >= 15 is 0 Å². The van der Waals surface area contributed by atoms with Gasteiger partial charge in [0, 0.05) is 10.9 Å². The highest BCUT2D eigenvalue weighted by molar-refractivity contribution is 7.99. The first-order valence-electron chi connectivity index (χ1n) is 4.78. The first-order valence-corrected chi connectivity index (χ1v) is 5.77. The van der Waals surface area contributed by atoms with E-state index in [4.69, 9.17) is 0 Å². The molecule has 0 spiro atoms. The van der Waals surface area contributed by atoms with E-state index < -0.39 is 0 Å². The average molecular weight is 213 g/mol. The molecule has 0 bridgehead atoms. The van der Waals surface area contributed by atoms with E-state index in [1.54, 1.807) is 17.8 Å². The lowest BCUT2D eigenvalue weighted by Gasteiger charge is -2.09. The molecule has 0 aromatic heterocycles. The Morgan fingerprint density at radius 1 is 1.43 bits per heavy atom. The molecule has 0 heterocycles. The number of hydrogen-bond donors (Lipinski definition) is 1. The number of halogens is 1. The van der Waals surface area contributed by atoms with Crippen molar-refractivity contribution in [2.24, 2.45) is 0 Å². The molecule has 1 aromatic carbocycles. The number of benzene rings is 1. The van der Waals surface area contributed by atoms with Crippen LogP contribution in [0.1, 0.15) is 13.3 Å². The first kappa shape index (κ1) is 11.5. The molecular formula is C11H16FNS. The maximum atomic E-state index is 13.2. The third-order valence-corrected chi connectivity index (χ3v) is 3.22. The number of hydrogen-bond acceptors (Lipinski definition) is 2. The zero-order valence-corrected chi connectivity index (χ0v) is 9.40. The Hall–Kier alpha value is -0.540. The van der Waals surface area contributed by atoms with Crippen molar-refractivity contribution >= 4 is 11.8 Å². The maximum absolute atomic E-state index is 13.2. The predicted octanol–water partition coefficient (Wildman–Crippen LogP) is 2.92. The molecule has 1 rings (SSSR count). The second-order valence-corrected chi connectivity index (χ2v) is 4.39. The van der Waals surface area contributed by atoms with Crippen LogP contribution in [-0.4, -0.2) is 18.8 Å². The summed E-state index contributed by atoms with van der Waals surface area (Å²) in [5.74, 6) is 0.831. The summed E-state index contributed by atoms with van der Waals surface area (Å²) in [5.41, 5.74) is 0. The van der Waals surface area contributed by atoms with Gasteiger partial charge in [-0.15, -0.1) is 11.8 Å². The molecule has 0 aliphatic rings. The lowest BCUT2D eigenvalue weighted by Crippen LogP contribution is -2.21. The SMILES string of the molecule is CNC(C)CCSc1ccccc1F. The lowest BCUT2D eigenvalue weighted by molar-refractivity contribution is 0.593. The fraction of sp³-hybridized carbons (Fsp3) is 0.455. The van der Waals surface area contributed by atoms with Crippen molar-refractivity contribution in [3.8, 4) is 0 Å². The number of nitrogens with one attached hydrogen (secondary N) is 1. The molecule has 0 aliphatic heterocycles. The summed E-state index contributed by atoms with van der Waals surface area (Å²) < 4.78 is 13.2. The highest BCUT2D eigenvalue weighted by Crippen LogP contribution is 2.21. The van der Waals surface area contributed by atoms with Crippen LogP contribution >= 0.6 is 11.8 Å². The van der Waals surface area contributed by atoms with Gasteiger partial charge in [0.25, 0.3) is 0 Å². The summed E-state index contributed by atoms with van der Waals surface area (Å²) in [7, 11) is 1.94. The molecule has 0 aliphatic carbocycles. The van der Waals surface area contributed by atoms with Crippen LogP contribution in [0.3, 0.4) is 0 Å². The summed E-state index contributed by atoms with van der Waals surface area (Å²) in [6, 6.07) is 7.41. The van der Waals surface area contributed by atoms with Crippen molar-refractivity contribution in [1.82, 2.24) is 5.32 Å². The van der Waals surface area contributed by atoms with Gasteiger partial charge in [0.05, 0.1) is 0 Å². The Morgan fingerprint density at radius 3 is 2.79 bits per heavy atom. The molecule has 0 saturated heterocycles. The summed E-state index contributed by atoms with van der Waals surface area (Å²) in [5, 5.41) is 3.16. The summed E-state index contributed by atoms with van der Waals surface area (Å²) >= 11 is 1.58. The number of thioether (sulfide) groups is 1. The Kier molecular flexibility index (Phi) is 4.98. The van der Waals surface area contributed by atoms with Crippen LogP contribution in [-0.2, 0) is 0 Å². The van der Waals surface area contributed by atoms with Gasteiger partial charge in [-0.1, -0.05) is 12.1 Å². The highest BCUT2D eigenvalue weighted by atomic mass is 32.2. The van der Waals surface area contributed by atoms with E-state index in [2.05, 4.69) is 12.2 Å². The molecule has 14 heavy (non-hydrogen) atoms. The topological polar surface area (TPSA) is 12.0 Å². The molecule has 0 saturated carbocycles. The predicted molar refractivity (Wildman–Crippen MR) is 60.3 cm³/mol. The van der Waals surface area contributed by atoms with Crippen LogP contribution in [0, 0.1) is 5.82 Å². The molecule has 0 fully saturated rings. The molecule has 1 N–H and O–H groups in total. The zero-order valence-electron chi connectivity index (χ0n) is 8.59. The van der Waals surface area contributed by atoms with Crippen LogP contribution < -0.4 is 5.32 Å². The third kappa shape index (κ3) is 3.68. The van der Waals surface area contributed by atoms with Gasteiger partial charge < -0.3 is 5.32 Å². The maximum Gasteiger partial charge on any atom is 0.136 e. The summed E-state index contributed by atoms with van der Waals surface area (Å²) in [6.07, 6.45) is 1.05. The molecule has 1 unspecified atom stereocenters. The van der Waals surface area contributed by atoms with Gasteiger partial charge in [-0.05, 0) is 38.3 Å².